The number of piperidine rings is 1. The van der Waals surface area contributed by atoms with Crippen molar-refractivity contribution in [3.8, 4) is 0 Å². The largest absolute Gasteiger partial charge is 0.459 e. The average molecular weight is 215 g/mol. The molecule has 1 fully saturated rings. The van der Waals surface area contributed by atoms with E-state index in [1.807, 2.05) is 32.7 Å². The summed E-state index contributed by atoms with van der Waals surface area (Å²) in [6.45, 7) is 6.14. The van der Waals surface area contributed by atoms with Crippen LogP contribution in [0.5, 0.6) is 0 Å². The molecule has 0 aromatic rings. The summed E-state index contributed by atoms with van der Waals surface area (Å²) < 4.78 is 5.32. The predicted octanol–water partition coefficient (Wildman–Crippen LogP) is 0.783. The summed E-state index contributed by atoms with van der Waals surface area (Å²) in [6, 6.07) is -0.201. The number of nitrogens with zero attached hydrogens (tertiary/aromatic N) is 1. The van der Waals surface area contributed by atoms with Crippen molar-refractivity contribution in [3.05, 3.63) is 0 Å². The maximum Gasteiger partial charge on any atom is 0.323 e. The molecular formula is C11H21NO3. The molecule has 0 unspecified atom stereocenters. The number of hydrogen-bond acceptors (Lipinski definition) is 4. The lowest BCUT2D eigenvalue weighted by atomic mass is 10.0. The Bertz CT molecular complexity index is 234. The Balaban J connectivity index is 2.53. The number of esters is 1. The number of aliphatic hydroxyl groups excluding tert-OH is 1. The van der Waals surface area contributed by atoms with Gasteiger partial charge in [0.15, 0.2) is 0 Å². The minimum Gasteiger partial charge on any atom is -0.459 e. The first-order valence-corrected chi connectivity index (χ1v) is 5.41. The molecule has 4 nitrogen and oxygen atoms in total. The van der Waals surface area contributed by atoms with Crippen molar-refractivity contribution in [2.45, 2.75) is 51.4 Å². The summed E-state index contributed by atoms with van der Waals surface area (Å²) in [5.41, 5.74) is -0.437. The highest BCUT2D eigenvalue weighted by Gasteiger charge is 2.32. The van der Waals surface area contributed by atoms with Crippen LogP contribution >= 0.6 is 0 Å². The van der Waals surface area contributed by atoms with Crippen molar-refractivity contribution in [1.29, 1.82) is 0 Å². The number of likely N-dealkylation sites (tertiary alicyclic amines) is 1. The number of aliphatic hydroxyl groups is 1. The van der Waals surface area contributed by atoms with Crippen LogP contribution in [-0.4, -0.2) is 47.3 Å². The minimum atomic E-state index is -0.437. The van der Waals surface area contributed by atoms with Crippen LogP contribution in [0.15, 0.2) is 0 Å². The molecule has 0 aliphatic carbocycles. The number of ether oxygens (including phenoxy) is 1. The number of carbonyl (C=O) groups excluding carboxylic acids is 1. The van der Waals surface area contributed by atoms with Gasteiger partial charge >= 0.3 is 5.97 Å². The zero-order valence-electron chi connectivity index (χ0n) is 9.99. The quantitative estimate of drug-likeness (QED) is 0.657. The van der Waals surface area contributed by atoms with Crippen molar-refractivity contribution in [2.24, 2.45) is 0 Å². The van der Waals surface area contributed by atoms with Gasteiger partial charge in [-0.1, -0.05) is 0 Å². The third-order valence-electron chi connectivity index (χ3n) is 2.48. The number of carbonyl (C=O) groups is 1. The van der Waals surface area contributed by atoms with Gasteiger partial charge in [-0.3, -0.25) is 9.69 Å². The normalized spacial score (nSPS) is 28.9. The number of rotatable bonds is 1. The molecular weight excluding hydrogens is 194 g/mol. The molecule has 1 saturated heterocycles. The number of likely N-dealkylation sites (N-methyl/N-ethyl adjacent to an activating group) is 1. The molecule has 1 rings (SSSR count). The topological polar surface area (TPSA) is 49.8 Å². The van der Waals surface area contributed by atoms with Crippen LogP contribution in [0.25, 0.3) is 0 Å². The molecule has 0 aromatic heterocycles. The van der Waals surface area contributed by atoms with E-state index < -0.39 is 5.60 Å². The van der Waals surface area contributed by atoms with Crippen LogP contribution in [0.2, 0.25) is 0 Å². The highest BCUT2D eigenvalue weighted by Crippen LogP contribution is 2.19. The first-order valence-electron chi connectivity index (χ1n) is 5.41. The fraction of sp³-hybridized carbons (Fsp3) is 0.909. The second-order valence-corrected chi connectivity index (χ2v) is 5.22. The van der Waals surface area contributed by atoms with Gasteiger partial charge in [-0.05, 0) is 40.7 Å². The SMILES string of the molecule is CN1C[C@@H](O)CC[C@H]1C(=O)OC(C)(C)C. The Hall–Kier alpha value is -0.610. The van der Waals surface area contributed by atoms with Crippen molar-refractivity contribution < 1.29 is 14.6 Å². The van der Waals surface area contributed by atoms with E-state index in [4.69, 9.17) is 4.74 Å². The maximum atomic E-state index is 11.8. The molecule has 2 atom stereocenters. The summed E-state index contributed by atoms with van der Waals surface area (Å²) in [5.74, 6) is -0.183. The minimum absolute atomic E-state index is 0.183. The first-order chi connectivity index (χ1) is 6.79. The lowest BCUT2D eigenvalue weighted by Crippen LogP contribution is -2.49. The monoisotopic (exact) mass is 215 g/mol. The van der Waals surface area contributed by atoms with E-state index in [2.05, 4.69) is 0 Å². The first kappa shape index (κ1) is 12.5. The summed E-state index contributed by atoms with van der Waals surface area (Å²) in [5, 5.41) is 9.42. The van der Waals surface area contributed by atoms with Gasteiger partial charge in [0.25, 0.3) is 0 Å². The Morgan fingerprint density at radius 3 is 2.47 bits per heavy atom. The number of β-amino-alcohol motifs (C(OH)–C–C–N with tert-alkyl or cyclic N) is 1. The molecule has 0 aromatic carbocycles. The molecule has 0 radical (unpaired) electrons. The molecule has 0 amide bonds. The second kappa shape index (κ2) is 4.49. The molecule has 1 aliphatic rings. The molecule has 1 aliphatic heterocycles. The van der Waals surface area contributed by atoms with Gasteiger partial charge in [-0.15, -0.1) is 0 Å². The summed E-state index contributed by atoms with van der Waals surface area (Å²) in [6.07, 6.45) is 1.04. The summed E-state index contributed by atoms with van der Waals surface area (Å²) in [7, 11) is 1.84. The van der Waals surface area contributed by atoms with Crippen molar-refractivity contribution in [1.82, 2.24) is 4.90 Å². The summed E-state index contributed by atoms with van der Waals surface area (Å²) in [4.78, 5) is 13.6. The third kappa shape index (κ3) is 3.80. The molecule has 0 bridgehead atoms. The molecule has 4 heteroatoms. The van der Waals surface area contributed by atoms with Gasteiger partial charge in [0.05, 0.1) is 6.10 Å². The second-order valence-electron chi connectivity index (χ2n) is 5.22. The van der Waals surface area contributed by atoms with E-state index in [0.29, 0.717) is 19.4 Å². The predicted molar refractivity (Wildman–Crippen MR) is 57.5 cm³/mol. The van der Waals surface area contributed by atoms with Gasteiger partial charge < -0.3 is 9.84 Å². The van der Waals surface area contributed by atoms with E-state index in [1.165, 1.54) is 0 Å². The van der Waals surface area contributed by atoms with Gasteiger partial charge in [-0.25, -0.2) is 0 Å². The smallest absolute Gasteiger partial charge is 0.323 e. The molecule has 1 heterocycles. The van der Waals surface area contributed by atoms with Crippen LogP contribution in [0.1, 0.15) is 33.6 Å². The zero-order valence-corrected chi connectivity index (χ0v) is 9.99. The summed E-state index contributed by atoms with van der Waals surface area (Å²) >= 11 is 0. The van der Waals surface area contributed by atoms with Crippen LogP contribution in [-0.2, 0) is 9.53 Å². The van der Waals surface area contributed by atoms with E-state index in [9.17, 15) is 9.90 Å². The maximum absolute atomic E-state index is 11.8. The molecule has 0 spiro atoms. The fourth-order valence-electron chi connectivity index (χ4n) is 1.79. The Morgan fingerprint density at radius 2 is 2.00 bits per heavy atom. The lowest BCUT2D eigenvalue weighted by Gasteiger charge is -2.35. The third-order valence-corrected chi connectivity index (χ3v) is 2.48. The number of hydrogen-bond donors (Lipinski definition) is 1. The molecule has 15 heavy (non-hydrogen) atoms. The fourth-order valence-corrected chi connectivity index (χ4v) is 1.79. The van der Waals surface area contributed by atoms with Crippen molar-refractivity contribution in [2.75, 3.05) is 13.6 Å². The Labute approximate surface area is 91.2 Å². The van der Waals surface area contributed by atoms with Crippen LogP contribution in [0.4, 0.5) is 0 Å². The lowest BCUT2D eigenvalue weighted by molar-refractivity contribution is -0.163. The average Bonchev–Trinajstić information content (AvgIpc) is 1.99. The molecule has 1 N–H and O–H groups in total. The molecule has 0 saturated carbocycles. The van der Waals surface area contributed by atoms with Crippen LogP contribution in [0, 0.1) is 0 Å². The van der Waals surface area contributed by atoms with E-state index in [0.717, 1.165) is 0 Å². The van der Waals surface area contributed by atoms with Crippen LogP contribution < -0.4 is 0 Å². The van der Waals surface area contributed by atoms with Gasteiger partial charge in [-0.2, -0.15) is 0 Å². The van der Waals surface area contributed by atoms with Gasteiger partial charge in [0, 0.05) is 6.54 Å². The standard InChI is InChI=1S/C11H21NO3/c1-11(2,3)15-10(14)9-6-5-8(13)7-12(9)4/h8-9,13H,5-7H2,1-4H3/t8-,9-/m0/s1. The highest BCUT2D eigenvalue weighted by molar-refractivity contribution is 5.76. The van der Waals surface area contributed by atoms with E-state index in [-0.39, 0.29) is 18.1 Å². The Kier molecular flexibility index (Phi) is 3.73. The zero-order chi connectivity index (χ0) is 11.6. The van der Waals surface area contributed by atoms with E-state index >= 15 is 0 Å². The van der Waals surface area contributed by atoms with Crippen molar-refractivity contribution >= 4 is 5.97 Å². The van der Waals surface area contributed by atoms with E-state index in [1.54, 1.807) is 0 Å². The highest BCUT2D eigenvalue weighted by atomic mass is 16.6. The van der Waals surface area contributed by atoms with Gasteiger partial charge in [0.1, 0.15) is 11.6 Å². The Morgan fingerprint density at radius 1 is 1.40 bits per heavy atom. The van der Waals surface area contributed by atoms with Crippen LogP contribution in [0.3, 0.4) is 0 Å². The van der Waals surface area contributed by atoms with Crippen molar-refractivity contribution in [3.63, 3.8) is 0 Å². The molecule has 88 valence electrons. The van der Waals surface area contributed by atoms with Gasteiger partial charge in [0.2, 0.25) is 0 Å².